The maximum atomic E-state index is 13.5. The number of methoxy groups -OCH3 is 2. The molecule has 2 heterocycles. The summed E-state index contributed by atoms with van der Waals surface area (Å²) in [4.78, 5) is 15.1. The van der Waals surface area contributed by atoms with Gasteiger partial charge in [-0.05, 0) is 55.2 Å². The summed E-state index contributed by atoms with van der Waals surface area (Å²) >= 11 is 0. The number of carbonyl (C=O) groups is 1. The third kappa shape index (κ3) is 4.69. The first kappa shape index (κ1) is 21.7. The Kier molecular flexibility index (Phi) is 6.58. The molecule has 1 N–H and O–H groups in total. The van der Waals surface area contributed by atoms with E-state index in [1.54, 1.807) is 19.1 Å². The molecule has 1 aliphatic rings. The average molecular weight is 436 g/mol. The van der Waals surface area contributed by atoms with Gasteiger partial charge in [0.1, 0.15) is 5.82 Å². The number of urea groups is 1. The molecule has 0 saturated heterocycles. The minimum atomic E-state index is -0.259. The highest BCUT2D eigenvalue weighted by Gasteiger charge is 2.25. The number of anilines is 2. The summed E-state index contributed by atoms with van der Waals surface area (Å²) in [5.74, 6) is 2.74. The summed E-state index contributed by atoms with van der Waals surface area (Å²) in [6, 6.07) is 13.1. The second-order valence-corrected chi connectivity index (χ2v) is 7.95. The van der Waals surface area contributed by atoms with E-state index in [0.29, 0.717) is 24.0 Å². The van der Waals surface area contributed by atoms with Crippen molar-refractivity contribution in [1.82, 2.24) is 14.8 Å². The topological polar surface area (TPSA) is 81.5 Å². The van der Waals surface area contributed by atoms with Crippen molar-refractivity contribution in [3.05, 3.63) is 59.4 Å². The zero-order valence-corrected chi connectivity index (χ0v) is 18.8. The number of nitrogens with zero attached hydrogens (tertiary/aromatic N) is 4. The van der Waals surface area contributed by atoms with Crippen LogP contribution in [0.1, 0.15) is 36.2 Å². The van der Waals surface area contributed by atoms with Gasteiger partial charge in [-0.25, -0.2) is 4.79 Å². The Balaban J connectivity index is 1.68. The molecule has 1 aromatic heterocycles. The molecule has 0 aliphatic carbocycles. The minimum absolute atomic E-state index is 0.259. The number of hydrogen-bond donors (Lipinski definition) is 1. The summed E-state index contributed by atoms with van der Waals surface area (Å²) in [5, 5.41) is 11.8. The Bertz CT molecular complexity index is 1090. The molecule has 2 aromatic carbocycles. The summed E-state index contributed by atoms with van der Waals surface area (Å²) in [5.41, 5.74) is 2.71. The summed E-state index contributed by atoms with van der Waals surface area (Å²) in [6.45, 7) is 3.11. The molecule has 8 heteroatoms. The largest absolute Gasteiger partial charge is 0.493 e. The van der Waals surface area contributed by atoms with E-state index in [-0.39, 0.29) is 6.03 Å². The molecule has 0 unspecified atom stereocenters. The molecular weight excluding hydrogens is 406 g/mol. The van der Waals surface area contributed by atoms with Crippen molar-refractivity contribution in [2.24, 2.45) is 0 Å². The van der Waals surface area contributed by atoms with Crippen molar-refractivity contribution in [2.75, 3.05) is 24.4 Å². The molecular formula is C24H29N5O3. The Morgan fingerprint density at radius 3 is 2.69 bits per heavy atom. The molecule has 2 amide bonds. The minimum Gasteiger partial charge on any atom is -0.493 e. The van der Waals surface area contributed by atoms with Crippen molar-refractivity contribution in [3.8, 4) is 11.5 Å². The lowest BCUT2D eigenvalue weighted by atomic mass is 10.2. The Hall–Kier alpha value is -3.55. The Morgan fingerprint density at radius 1 is 1.06 bits per heavy atom. The second kappa shape index (κ2) is 9.72. The van der Waals surface area contributed by atoms with Gasteiger partial charge < -0.3 is 14.8 Å². The molecule has 0 atom stereocenters. The fourth-order valence-electron chi connectivity index (χ4n) is 3.98. The number of benzene rings is 2. The molecule has 0 fully saturated rings. The summed E-state index contributed by atoms with van der Waals surface area (Å²) in [7, 11) is 3.20. The van der Waals surface area contributed by atoms with Crippen LogP contribution in [0.4, 0.5) is 16.4 Å². The number of aromatic nitrogens is 3. The van der Waals surface area contributed by atoms with E-state index in [4.69, 9.17) is 9.47 Å². The first-order valence-corrected chi connectivity index (χ1v) is 10.9. The fourth-order valence-corrected chi connectivity index (χ4v) is 3.98. The van der Waals surface area contributed by atoms with Gasteiger partial charge in [-0.3, -0.25) is 9.47 Å². The van der Waals surface area contributed by atoms with E-state index in [1.807, 2.05) is 49.4 Å². The molecule has 0 radical (unpaired) electrons. The lowest BCUT2D eigenvalue weighted by Crippen LogP contribution is -2.36. The molecule has 1 aliphatic heterocycles. The molecule has 0 saturated carbocycles. The van der Waals surface area contributed by atoms with Crippen molar-refractivity contribution in [1.29, 1.82) is 0 Å². The second-order valence-electron chi connectivity index (χ2n) is 7.95. The first-order chi connectivity index (χ1) is 15.6. The molecule has 0 bridgehead atoms. The van der Waals surface area contributed by atoms with Gasteiger partial charge in [-0.2, -0.15) is 0 Å². The lowest BCUT2D eigenvalue weighted by Gasteiger charge is -2.23. The normalized spacial score (nSPS) is 13.1. The number of ether oxygens (including phenoxy) is 2. The van der Waals surface area contributed by atoms with Crippen LogP contribution in [0.3, 0.4) is 0 Å². The van der Waals surface area contributed by atoms with E-state index in [2.05, 4.69) is 20.1 Å². The van der Waals surface area contributed by atoms with Crippen LogP contribution in [0, 0.1) is 6.92 Å². The Labute approximate surface area is 188 Å². The van der Waals surface area contributed by atoms with E-state index in [1.165, 1.54) is 0 Å². The number of carbonyl (C=O) groups excluding carboxylic acids is 1. The van der Waals surface area contributed by atoms with Gasteiger partial charge in [-0.1, -0.05) is 24.6 Å². The number of fused-ring (bicyclic) bond motifs is 1. The lowest BCUT2D eigenvalue weighted by molar-refractivity contribution is 0.256. The van der Waals surface area contributed by atoms with Gasteiger partial charge in [0.2, 0.25) is 5.95 Å². The van der Waals surface area contributed by atoms with Crippen molar-refractivity contribution < 1.29 is 14.3 Å². The molecule has 168 valence electrons. The van der Waals surface area contributed by atoms with E-state index < -0.39 is 0 Å². The standard InChI is InChI=1S/C24H29N5O3/c1-17-8-7-9-19(14-17)25-24(30)29(16-18-11-12-20(31-2)21(15-18)32-3)23-27-26-22-10-5-4-6-13-28(22)23/h7-9,11-12,14-15H,4-6,10,13,16H2,1-3H3,(H,25,30). The maximum Gasteiger partial charge on any atom is 0.329 e. The van der Waals surface area contributed by atoms with Crippen LogP contribution >= 0.6 is 0 Å². The highest BCUT2D eigenvalue weighted by atomic mass is 16.5. The maximum absolute atomic E-state index is 13.5. The monoisotopic (exact) mass is 435 g/mol. The smallest absolute Gasteiger partial charge is 0.329 e. The van der Waals surface area contributed by atoms with Crippen LogP contribution in [0.5, 0.6) is 11.5 Å². The zero-order valence-electron chi connectivity index (χ0n) is 18.8. The average Bonchev–Trinajstić information content (AvgIpc) is 3.04. The summed E-state index contributed by atoms with van der Waals surface area (Å²) < 4.78 is 12.9. The van der Waals surface area contributed by atoms with Crippen molar-refractivity contribution in [3.63, 3.8) is 0 Å². The number of rotatable bonds is 6. The van der Waals surface area contributed by atoms with Gasteiger partial charge in [0.05, 0.1) is 20.8 Å². The van der Waals surface area contributed by atoms with E-state index in [0.717, 1.165) is 54.9 Å². The number of hydrogen-bond acceptors (Lipinski definition) is 5. The number of nitrogens with one attached hydrogen (secondary N) is 1. The van der Waals surface area contributed by atoms with Gasteiger partial charge in [0.25, 0.3) is 0 Å². The predicted molar refractivity (Wildman–Crippen MR) is 124 cm³/mol. The quantitative estimate of drug-likeness (QED) is 0.613. The van der Waals surface area contributed by atoms with Gasteiger partial charge in [-0.15, -0.1) is 10.2 Å². The van der Waals surface area contributed by atoms with Crippen molar-refractivity contribution in [2.45, 2.75) is 45.7 Å². The van der Waals surface area contributed by atoms with Crippen LogP contribution in [-0.4, -0.2) is 35.0 Å². The van der Waals surface area contributed by atoms with Gasteiger partial charge in [0, 0.05) is 18.7 Å². The van der Waals surface area contributed by atoms with Crippen LogP contribution in [0.2, 0.25) is 0 Å². The van der Waals surface area contributed by atoms with Crippen molar-refractivity contribution >= 4 is 17.7 Å². The van der Waals surface area contributed by atoms with Crippen LogP contribution in [0.15, 0.2) is 42.5 Å². The zero-order chi connectivity index (χ0) is 22.5. The Morgan fingerprint density at radius 2 is 1.91 bits per heavy atom. The number of amides is 2. The van der Waals surface area contributed by atoms with E-state index in [9.17, 15) is 4.79 Å². The number of aryl methyl sites for hydroxylation is 2. The van der Waals surface area contributed by atoms with Gasteiger partial charge >= 0.3 is 6.03 Å². The molecule has 3 aromatic rings. The first-order valence-electron chi connectivity index (χ1n) is 10.9. The fraction of sp³-hybridized carbons (Fsp3) is 0.375. The predicted octanol–water partition coefficient (Wildman–Crippen LogP) is 4.57. The van der Waals surface area contributed by atoms with Crippen LogP contribution in [-0.2, 0) is 19.5 Å². The van der Waals surface area contributed by atoms with Crippen LogP contribution < -0.4 is 19.7 Å². The van der Waals surface area contributed by atoms with Gasteiger partial charge in [0.15, 0.2) is 11.5 Å². The molecule has 0 spiro atoms. The van der Waals surface area contributed by atoms with Crippen LogP contribution in [0.25, 0.3) is 0 Å². The third-order valence-corrected chi connectivity index (χ3v) is 5.63. The molecule has 32 heavy (non-hydrogen) atoms. The SMILES string of the molecule is COc1ccc(CN(C(=O)Nc2cccc(C)c2)c2nnc3n2CCCCC3)cc1OC. The molecule has 4 rings (SSSR count). The molecule has 8 nitrogen and oxygen atoms in total. The highest BCUT2D eigenvalue weighted by molar-refractivity contribution is 6.00. The highest BCUT2D eigenvalue weighted by Crippen LogP contribution is 2.29. The third-order valence-electron chi connectivity index (χ3n) is 5.63. The van der Waals surface area contributed by atoms with E-state index >= 15 is 0 Å². The summed E-state index contributed by atoms with van der Waals surface area (Å²) in [6.07, 6.45) is 4.15.